The maximum atomic E-state index is 12.5. The maximum absolute atomic E-state index is 12.5. The minimum absolute atomic E-state index is 0.0241. The van der Waals surface area contributed by atoms with Gasteiger partial charge in [-0.25, -0.2) is 0 Å². The Balaban J connectivity index is 2.07. The molecule has 0 bridgehead atoms. The quantitative estimate of drug-likeness (QED) is 0.485. The van der Waals surface area contributed by atoms with Crippen molar-refractivity contribution in [3.63, 3.8) is 0 Å². The van der Waals surface area contributed by atoms with Gasteiger partial charge in [0, 0.05) is 12.1 Å². The topological polar surface area (TPSA) is 103 Å². The second-order valence-electron chi connectivity index (χ2n) is 6.95. The SMILES string of the molecule is COc1cc(C(C)NC(C)C(=O)Nc2ccccc2[N+](=O)[O-])ccc1OC(C)C. The van der Waals surface area contributed by atoms with Crippen molar-refractivity contribution >= 4 is 17.3 Å². The van der Waals surface area contributed by atoms with E-state index >= 15 is 0 Å². The molecule has 0 aliphatic heterocycles. The van der Waals surface area contributed by atoms with Crippen molar-refractivity contribution in [1.82, 2.24) is 5.32 Å². The fraction of sp³-hybridized carbons (Fsp3) is 0.381. The lowest BCUT2D eigenvalue weighted by atomic mass is 10.1. The Hall–Kier alpha value is -3.13. The van der Waals surface area contributed by atoms with Crippen LogP contribution in [0.5, 0.6) is 11.5 Å². The van der Waals surface area contributed by atoms with E-state index in [0.717, 1.165) is 5.56 Å². The second-order valence-corrected chi connectivity index (χ2v) is 6.95. The molecule has 2 atom stereocenters. The van der Waals surface area contributed by atoms with Gasteiger partial charge in [-0.05, 0) is 51.5 Å². The number of nitrogens with one attached hydrogen (secondary N) is 2. The highest BCUT2D eigenvalue weighted by Crippen LogP contribution is 2.31. The number of ether oxygens (including phenoxy) is 2. The van der Waals surface area contributed by atoms with Crippen LogP contribution in [0.4, 0.5) is 11.4 Å². The normalized spacial score (nSPS) is 12.9. The van der Waals surface area contributed by atoms with E-state index in [2.05, 4.69) is 10.6 Å². The third-order valence-electron chi connectivity index (χ3n) is 4.30. The van der Waals surface area contributed by atoms with Crippen molar-refractivity contribution in [2.75, 3.05) is 12.4 Å². The summed E-state index contributed by atoms with van der Waals surface area (Å²) in [7, 11) is 1.58. The zero-order valence-corrected chi connectivity index (χ0v) is 17.3. The molecule has 2 rings (SSSR count). The van der Waals surface area contributed by atoms with Gasteiger partial charge in [0.05, 0.1) is 24.2 Å². The van der Waals surface area contributed by atoms with Crippen LogP contribution in [0.15, 0.2) is 42.5 Å². The molecule has 29 heavy (non-hydrogen) atoms. The molecule has 0 aliphatic rings. The average Bonchev–Trinajstić information content (AvgIpc) is 2.67. The number of nitrogens with zero attached hydrogens (tertiary/aromatic N) is 1. The summed E-state index contributed by atoms with van der Waals surface area (Å²) in [6.07, 6.45) is 0.0241. The number of methoxy groups -OCH3 is 1. The molecule has 0 aromatic heterocycles. The van der Waals surface area contributed by atoms with E-state index in [1.807, 2.05) is 39.0 Å². The average molecular weight is 401 g/mol. The maximum Gasteiger partial charge on any atom is 0.292 e. The molecule has 0 saturated heterocycles. The van der Waals surface area contributed by atoms with Crippen molar-refractivity contribution in [3.8, 4) is 11.5 Å². The molecule has 8 nitrogen and oxygen atoms in total. The van der Waals surface area contributed by atoms with E-state index in [0.29, 0.717) is 11.5 Å². The van der Waals surface area contributed by atoms with Crippen molar-refractivity contribution < 1.29 is 19.2 Å². The van der Waals surface area contributed by atoms with E-state index in [9.17, 15) is 14.9 Å². The van der Waals surface area contributed by atoms with Crippen LogP contribution < -0.4 is 20.1 Å². The number of benzene rings is 2. The van der Waals surface area contributed by atoms with Crippen molar-refractivity contribution in [2.45, 2.75) is 45.9 Å². The van der Waals surface area contributed by atoms with Crippen LogP contribution in [0.3, 0.4) is 0 Å². The molecule has 2 unspecified atom stereocenters. The highest BCUT2D eigenvalue weighted by atomic mass is 16.6. The molecule has 0 spiro atoms. The third kappa shape index (κ3) is 5.92. The van der Waals surface area contributed by atoms with Crippen LogP contribution >= 0.6 is 0 Å². The smallest absolute Gasteiger partial charge is 0.292 e. The van der Waals surface area contributed by atoms with Crippen LogP contribution in [-0.2, 0) is 4.79 Å². The van der Waals surface area contributed by atoms with Crippen LogP contribution in [0, 0.1) is 10.1 Å². The number of anilines is 1. The lowest BCUT2D eigenvalue weighted by molar-refractivity contribution is -0.383. The minimum atomic E-state index is -0.581. The summed E-state index contributed by atoms with van der Waals surface area (Å²) in [5, 5.41) is 16.9. The highest BCUT2D eigenvalue weighted by Gasteiger charge is 2.21. The first-order valence-corrected chi connectivity index (χ1v) is 9.37. The van der Waals surface area contributed by atoms with Gasteiger partial charge in [-0.3, -0.25) is 20.2 Å². The first kappa shape index (κ1) is 22.2. The predicted molar refractivity (Wildman–Crippen MR) is 111 cm³/mol. The van der Waals surface area contributed by atoms with Gasteiger partial charge in [0.2, 0.25) is 5.91 Å². The molecule has 2 aromatic rings. The summed E-state index contributed by atoms with van der Waals surface area (Å²) >= 11 is 0. The van der Waals surface area contributed by atoms with Gasteiger partial charge in [-0.15, -0.1) is 0 Å². The molecule has 8 heteroatoms. The molecule has 2 aromatic carbocycles. The number of hydrogen-bond acceptors (Lipinski definition) is 6. The summed E-state index contributed by atoms with van der Waals surface area (Å²) < 4.78 is 11.1. The molecule has 1 amide bonds. The first-order valence-electron chi connectivity index (χ1n) is 9.37. The van der Waals surface area contributed by atoms with Crippen molar-refractivity contribution in [3.05, 3.63) is 58.1 Å². The summed E-state index contributed by atoms with van der Waals surface area (Å²) in [6.45, 7) is 7.50. The van der Waals surface area contributed by atoms with Gasteiger partial charge in [-0.2, -0.15) is 0 Å². The Bertz CT molecular complexity index is 869. The van der Waals surface area contributed by atoms with E-state index < -0.39 is 11.0 Å². The molecule has 0 radical (unpaired) electrons. The zero-order chi connectivity index (χ0) is 21.6. The van der Waals surface area contributed by atoms with Gasteiger partial charge in [0.25, 0.3) is 5.69 Å². The molecule has 0 saturated carbocycles. The molecule has 156 valence electrons. The standard InChI is InChI=1S/C21H27N3O5/c1-13(2)29-19-11-10-16(12-20(19)28-5)14(3)22-15(4)21(25)23-17-8-6-7-9-18(17)24(26)27/h6-15,22H,1-5H3,(H,23,25). The fourth-order valence-corrected chi connectivity index (χ4v) is 2.83. The lowest BCUT2D eigenvalue weighted by Gasteiger charge is -2.21. The number of carbonyl (C=O) groups excluding carboxylic acids is 1. The van der Waals surface area contributed by atoms with Crippen molar-refractivity contribution in [1.29, 1.82) is 0 Å². The number of amides is 1. The van der Waals surface area contributed by atoms with Crippen LogP contribution in [0.25, 0.3) is 0 Å². The lowest BCUT2D eigenvalue weighted by Crippen LogP contribution is -2.39. The fourth-order valence-electron chi connectivity index (χ4n) is 2.83. The Kier molecular flexibility index (Phi) is 7.55. The highest BCUT2D eigenvalue weighted by molar-refractivity contribution is 5.96. The van der Waals surface area contributed by atoms with E-state index in [1.54, 1.807) is 26.2 Å². The number of hydrogen-bond donors (Lipinski definition) is 2. The van der Waals surface area contributed by atoms with Crippen molar-refractivity contribution in [2.24, 2.45) is 0 Å². The van der Waals surface area contributed by atoms with E-state index in [1.165, 1.54) is 12.1 Å². The van der Waals surface area contributed by atoms with Crippen LogP contribution in [0.2, 0.25) is 0 Å². The molecule has 0 aliphatic carbocycles. The summed E-state index contributed by atoms with van der Waals surface area (Å²) in [5.74, 6) is 0.903. The number of rotatable bonds is 9. The zero-order valence-electron chi connectivity index (χ0n) is 17.3. The number of nitro benzene ring substituents is 1. The predicted octanol–water partition coefficient (Wildman–Crippen LogP) is 4.07. The monoisotopic (exact) mass is 401 g/mol. The number of para-hydroxylation sites is 2. The van der Waals surface area contributed by atoms with Gasteiger partial charge in [0.1, 0.15) is 5.69 Å². The van der Waals surface area contributed by atoms with Gasteiger partial charge in [0.15, 0.2) is 11.5 Å². The van der Waals surface area contributed by atoms with Crippen LogP contribution in [-0.4, -0.2) is 30.1 Å². The Morgan fingerprint density at radius 2 is 1.76 bits per heavy atom. The minimum Gasteiger partial charge on any atom is -0.493 e. The second kappa shape index (κ2) is 9.88. The first-order chi connectivity index (χ1) is 13.7. The Morgan fingerprint density at radius 1 is 1.07 bits per heavy atom. The number of carbonyl (C=O) groups is 1. The molecule has 2 N–H and O–H groups in total. The van der Waals surface area contributed by atoms with Gasteiger partial charge >= 0.3 is 0 Å². The van der Waals surface area contributed by atoms with E-state index in [-0.39, 0.29) is 29.4 Å². The largest absolute Gasteiger partial charge is 0.493 e. The summed E-state index contributed by atoms with van der Waals surface area (Å²) in [6, 6.07) is 10.9. The van der Waals surface area contributed by atoms with Crippen LogP contribution in [0.1, 0.15) is 39.3 Å². The van der Waals surface area contributed by atoms with E-state index in [4.69, 9.17) is 9.47 Å². The number of nitro groups is 1. The molecular formula is C21H27N3O5. The summed E-state index contributed by atoms with van der Waals surface area (Å²) in [5.41, 5.74) is 0.940. The Morgan fingerprint density at radius 3 is 2.38 bits per heavy atom. The molecule has 0 heterocycles. The molecular weight excluding hydrogens is 374 g/mol. The van der Waals surface area contributed by atoms with Gasteiger partial charge in [-0.1, -0.05) is 18.2 Å². The third-order valence-corrected chi connectivity index (χ3v) is 4.30. The summed E-state index contributed by atoms with van der Waals surface area (Å²) in [4.78, 5) is 23.1. The Labute approximate surface area is 170 Å². The molecule has 0 fully saturated rings. The van der Waals surface area contributed by atoms with Gasteiger partial charge < -0.3 is 14.8 Å².